The summed E-state index contributed by atoms with van der Waals surface area (Å²) in [5, 5.41) is 1.06. The van der Waals surface area contributed by atoms with E-state index in [2.05, 4.69) is 48.9 Å². The molecule has 2 atom stereocenters. The molecular weight excluding hydrogens is 272 g/mol. The van der Waals surface area contributed by atoms with Crippen molar-refractivity contribution in [2.45, 2.75) is 46.6 Å². The number of rotatable bonds is 3. The molecule has 2 aromatic rings. The van der Waals surface area contributed by atoms with E-state index in [1.165, 1.54) is 18.4 Å². The van der Waals surface area contributed by atoms with Crippen LogP contribution in [0.25, 0.3) is 10.9 Å². The number of hydrogen-bond donors (Lipinski definition) is 1. The van der Waals surface area contributed by atoms with Gasteiger partial charge in [0.25, 0.3) is 0 Å². The van der Waals surface area contributed by atoms with Gasteiger partial charge in [-0.15, -0.1) is 0 Å². The normalized spacial score (nSPS) is 21.2. The summed E-state index contributed by atoms with van der Waals surface area (Å²) in [5.41, 5.74) is 4.15. The Bertz CT molecular complexity index is 701. The van der Waals surface area contributed by atoms with Gasteiger partial charge in [-0.05, 0) is 57.7 Å². The van der Waals surface area contributed by atoms with Crippen LogP contribution in [0.5, 0.6) is 0 Å². The number of benzene rings is 1. The first-order valence-electron chi connectivity index (χ1n) is 8.34. The number of carbonyl (C=O) groups is 1. The molecule has 0 bridgehead atoms. The maximum atomic E-state index is 13.1. The average molecular weight is 298 g/mol. The zero-order chi connectivity index (χ0) is 15.9. The summed E-state index contributed by atoms with van der Waals surface area (Å²) < 4.78 is 0. The van der Waals surface area contributed by atoms with Crippen LogP contribution < -0.4 is 0 Å². The molecule has 1 aromatic heterocycles. The van der Waals surface area contributed by atoms with Crippen LogP contribution in [0.2, 0.25) is 0 Å². The molecule has 0 aliphatic carbocycles. The number of ketones is 1. The van der Waals surface area contributed by atoms with E-state index in [1.807, 2.05) is 6.92 Å². The molecule has 1 aliphatic rings. The molecule has 0 radical (unpaired) electrons. The zero-order valence-corrected chi connectivity index (χ0v) is 14.1. The van der Waals surface area contributed by atoms with Crippen molar-refractivity contribution in [2.75, 3.05) is 13.1 Å². The summed E-state index contributed by atoms with van der Waals surface area (Å²) in [6.07, 6.45) is 2.48. The maximum absolute atomic E-state index is 13.1. The highest BCUT2D eigenvalue weighted by Gasteiger charge is 2.28. The summed E-state index contributed by atoms with van der Waals surface area (Å²) in [4.78, 5) is 18.8. The first kappa shape index (κ1) is 15.3. The summed E-state index contributed by atoms with van der Waals surface area (Å²) in [6.45, 7) is 10.5. The van der Waals surface area contributed by atoms with Gasteiger partial charge in [-0.25, -0.2) is 0 Å². The molecule has 2 heterocycles. The summed E-state index contributed by atoms with van der Waals surface area (Å²) >= 11 is 0. The number of nitrogens with one attached hydrogen (secondary N) is 1. The number of Topliss-reactive ketones (excluding diaryl/α,β-unsaturated/α-hetero) is 1. The zero-order valence-electron chi connectivity index (χ0n) is 14.1. The van der Waals surface area contributed by atoms with Crippen LogP contribution in [0.15, 0.2) is 18.2 Å². The van der Waals surface area contributed by atoms with E-state index in [-0.39, 0.29) is 11.8 Å². The molecule has 1 saturated heterocycles. The smallest absolute Gasteiger partial charge is 0.182 e. The molecule has 3 heteroatoms. The van der Waals surface area contributed by atoms with Crippen LogP contribution in [0.3, 0.4) is 0 Å². The Morgan fingerprint density at radius 2 is 2.14 bits per heavy atom. The monoisotopic (exact) mass is 298 g/mol. The number of aromatic amines is 1. The van der Waals surface area contributed by atoms with Gasteiger partial charge in [-0.2, -0.15) is 0 Å². The third kappa shape index (κ3) is 2.70. The minimum absolute atomic E-state index is 0.0400. The highest BCUT2D eigenvalue weighted by molar-refractivity contribution is 6.11. The number of hydrogen-bond acceptors (Lipinski definition) is 2. The quantitative estimate of drug-likeness (QED) is 0.866. The van der Waals surface area contributed by atoms with Crippen molar-refractivity contribution in [3.05, 3.63) is 35.0 Å². The number of likely N-dealkylation sites (tertiary alicyclic amines) is 1. The lowest BCUT2D eigenvalue weighted by Gasteiger charge is -2.34. The molecule has 3 rings (SSSR count). The average Bonchev–Trinajstić information content (AvgIpc) is 2.80. The third-order valence-corrected chi connectivity index (χ3v) is 5.00. The Balaban J connectivity index is 1.93. The minimum Gasteiger partial charge on any atom is -0.358 e. The number of aryl methyl sites for hydroxylation is 2. The number of nitrogens with zero attached hydrogens (tertiary/aromatic N) is 1. The highest BCUT2D eigenvalue weighted by atomic mass is 16.1. The lowest BCUT2D eigenvalue weighted by atomic mass is 9.95. The Morgan fingerprint density at radius 1 is 1.36 bits per heavy atom. The first-order chi connectivity index (χ1) is 10.5. The molecule has 1 fully saturated rings. The molecule has 118 valence electrons. The predicted octanol–water partition coefficient (Wildman–Crippen LogP) is 4.09. The van der Waals surface area contributed by atoms with Gasteiger partial charge in [0.2, 0.25) is 0 Å². The second-order valence-corrected chi connectivity index (χ2v) is 6.96. The fraction of sp³-hybridized carbons (Fsp3) is 0.526. The van der Waals surface area contributed by atoms with E-state index in [9.17, 15) is 4.79 Å². The van der Waals surface area contributed by atoms with Gasteiger partial charge in [0.15, 0.2) is 5.78 Å². The van der Waals surface area contributed by atoms with Gasteiger partial charge >= 0.3 is 0 Å². The van der Waals surface area contributed by atoms with Crippen molar-refractivity contribution in [1.82, 2.24) is 9.88 Å². The number of H-pyrrole nitrogens is 1. The lowest BCUT2D eigenvalue weighted by Crippen LogP contribution is -2.44. The molecule has 1 aliphatic heterocycles. The van der Waals surface area contributed by atoms with Gasteiger partial charge in [0.1, 0.15) is 0 Å². The number of aromatic nitrogens is 1. The molecular formula is C19H26N2O. The van der Waals surface area contributed by atoms with Gasteiger partial charge in [-0.3, -0.25) is 9.69 Å². The van der Waals surface area contributed by atoms with Crippen LogP contribution in [0.4, 0.5) is 0 Å². The Labute approximate surface area is 132 Å². The standard InChI is InChI=1S/C19H26N2O/c1-12-7-8-16-17(10-12)20-14(3)18(16)19(22)15(4)21-9-5-6-13(2)11-21/h7-8,10,13,15,20H,5-6,9,11H2,1-4H3. The SMILES string of the molecule is Cc1ccc2c(C(=O)C(C)N3CCCC(C)C3)c(C)[nH]c2c1. The van der Waals surface area contributed by atoms with Crippen LogP contribution in [-0.4, -0.2) is 34.8 Å². The van der Waals surface area contributed by atoms with E-state index in [1.54, 1.807) is 0 Å². The van der Waals surface area contributed by atoms with Crippen LogP contribution in [0.1, 0.15) is 48.3 Å². The van der Waals surface area contributed by atoms with Crippen molar-refractivity contribution < 1.29 is 4.79 Å². The Morgan fingerprint density at radius 3 is 2.86 bits per heavy atom. The van der Waals surface area contributed by atoms with Gasteiger partial charge in [-0.1, -0.05) is 19.1 Å². The van der Waals surface area contributed by atoms with Crippen molar-refractivity contribution in [3.63, 3.8) is 0 Å². The summed E-state index contributed by atoms with van der Waals surface area (Å²) in [6, 6.07) is 6.24. The second-order valence-electron chi connectivity index (χ2n) is 6.96. The largest absolute Gasteiger partial charge is 0.358 e. The van der Waals surface area contributed by atoms with Crippen LogP contribution >= 0.6 is 0 Å². The second kappa shape index (κ2) is 5.88. The summed E-state index contributed by atoms with van der Waals surface area (Å²) in [7, 11) is 0. The number of carbonyl (C=O) groups excluding carboxylic acids is 1. The molecule has 0 amide bonds. The molecule has 0 spiro atoms. The van der Waals surface area contributed by atoms with E-state index >= 15 is 0 Å². The van der Waals surface area contributed by atoms with Gasteiger partial charge in [0.05, 0.1) is 6.04 Å². The van der Waals surface area contributed by atoms with Crippen LogP contribution in [0, 0.1) is 19.8 Å². The summed E-state index contributed by atoms with van der Waals surface area (Å²) in [5.74, 6) is 0.942. The number of piperidine rings is 1. The minimum atomic E-state index is -0.0400. The van der Waals surface area contributed by atoms with Crippen molar-refractivity contribution in [3.8, 4) is 0 Å². The lowest BCUT2D eigenvalue weighted by molar-refractivity contribution is 0.0766. The van der Waals surface area contributed by atoms with E-state index in [4.69, 9.17) is 0 Å². The van der Waals surface area contributed by atoms with E-state index in [0.29, 0.717) is 5.92 Å². The van der Waals surface area contributed by atoms with E-state index in [0.717, 1.165) is 35.2 Å². The van der Waals surface area contributed by atoms with Gasteiger partial charge < -0.3 is 4.98 Å². The molecule has 3 nitrogen and oxygen atoms in total. The molecule has 22 heavy (non-hydrogen) atoms. The molecule has 2 unspecified atom stereocenters. The molecule has 1 N–H and O–H groups in total. The first-order valence-corrected chi connectivity index (χ1v) is 8.34. The topological polar surface area (TPSA) is 36.1 Å². The number of fused-ring (bicyclic) bond motifs is 1. The highest BCUT2D eigenvalue weighted by Crippen LogP contribution is 2.27. The van der Waals surface area contributed by atoms with Gasteiger partial charge in [0, 0.05) is 28.7 Å². The van der Waals surface area contributed by atoms with E-state index < -0.39 is 0 Å². The van der Waals surface area contributed by atoms with Crippen molar-refractivity contribution >= 4 is 16.7 Å². The van der Waals surface area contributed by atoms with Crippen LogP contribution in [-0.2, 0) is 0 Å². The van der Waals surface area contributed by atoms with Crippen molar-refractivity contribution in [2.24, 2.45) is 5.92 Å². The fourth-order valence-corrected chi connectivity index (χ4v) is 3.72. The molecule has 0 saturated carbocycles. The molecule has 1 aromatic carbocycles. The third-order valence-electron chi connectivity index (χ3n) is 5.00. The van der Waals surface area contributed by atoms with Crippen molar-refractivity contribution in [1.29, 1.82) is 0 Å². The fourth-order valence-electron chi connectivity index (χ4n) is 3.72. The Kier molecular flexibility index (Phi) is 4.09. The Hall–Kier alpha value is -1.61. The predicted molar refractivity (Wildman–Crippen MR) is 91.5 cm³/mol. The maximum Gasteiger partial charge on any atom is 0.182 e.